The van der Waals surface area contributed by atoms with Gasteiger partial charge in [-0.05, 0) is 29.1 Å². The predicted molar refractivity (Wildman–Crippen MR) is 124 cm³/mol. The van der Waals surface area contributed by atoms with Crippen molar-refractivity contribution < 1.29 is 18.6 Å². The molecule has 0 unspecified atom stereocenters. The summed E-state index contributed by atoms with van der Waals surface area (Å²) in [4.78, 5) is 13.7. The molecule has 166 valence electrons. The second-order valence-electron chi connectivity index (χ2n) is 7.22. The molecule has 0 aliphatic carbocycles. The quantitative estimate of drug-likeness (QED) is 0.382. The number of aromatic nitrogens is 2. The minimum Gasteiger partial charge on any atom is -0.508 e. The molecular weight excluding hydrogens is 464 g/mol. The van der Waals surface area contributed by atoms with Crippen LogP contribution in [0.3, 0.4) is 0 Å². The SMILES string of the molecule is O=c1c(C2=NS(=O)(=O)c3cc(O)ccc3N2)c(O)c(-c2cccs2)nn1Cc1ccccc1. The number of nitrogens with zero attached hydrogens (tertiary/aromatic N) is 3. The van der Waals surface area contributed by atoms with E-state index in [1.54, 1.807) is 17.5 Å². The van der Waals surface area contributed by atoms with Crippen molar-refractivity contribution in [2.24, 2.45) is 4.40 Å². The van der Waals surface area contributed by atoms with Crippen molar-refractivity contribution in [2.45, 2.75) is 11.4 Å². The minimum absolute atomic E-state index is 0.107. The van der Waals surface area contributed by atoms with E-state index >= 15 is 0 Å². The van der Waals surface area contributed by atoms with Gasteiger partial charge in [0, 0.05) is 6.07 Å². The molecule has 0 saturated carbocycles. The fraction of sp³-hybridized carbons (Fsp3) is 0.0455. The Kier molecular flexibility index (Phi) is 4.99. The molecular formula is C22H16N4O5S2. The number of thiophene rings is 1. The highest BCUT2D eigenvalue weighted by Crippen LogP contribution is 2.35. The van der Waals surface area contributed by atoms with Gasteiger partial charge in [-0.3, -0.25) is 4.79 Å². The molecule has 33 heavy (non-hydrogen) atoms. The van der Waals surface area contributed by atoms with Crippen LogP contribution >= 0.6 is 11.3 Å². The highest BCUT2D eigenvalue weighted by molar-refractivity contribution is 7.90. The monoisotopic (exact) mass is 480 g/mol. The number of nitrogens with one attached hydrogen (secondary N) is 1. The fourth-order valence-electron chi connectivity index (χ4n) is 3.47. The van der Waals surface area contributed by atoms with E-state index in [4.69, 9.17) is 0 Å². The maximum absolute atomic E-state index is 13.4. The third-order valence-electron chi connectivity index (χ3n) is 5.00. The van der Waals surface area contributed by atoms with Crippen molar-refractivity contribution in [1.82, 2.24) is 9.78 Å². The average molecular weight is 481 g/mol. The summed E-state index contributed by atoms with van der Waals surface area (Å²) in [5, 5.41) is 29.6. The van der Waals surface area contributed by atoms with Crippen molar-refractivity contribution >= 4 is 32.9 Å². The summed E-state index contributed by atoms with van der Waals surface area (Å²) < 4.78 is 30.5. The Labute approximate surface area is 192 Å². The number of aromatic hydroxyl groups is 2. The number of anilines is 1. The van der Waals surface area contributed by atoms with Crippen LogP contribution in [0.4, 0.5) is 5.69 Å². The molecule has 1 aliphatic rings. The van der Waals surface area contributed by atoms with Gasteiger partial charge in [0.2, 0.25) is 0 Å². The first-order valence-corrected chi connectivity index (χ1v) is 12.0. The molecule has 2 aromatic heterocycles. The average Bonchev–Trinajstić information content (AvgIpc) is 3.31. The number of sulfonamides is 1. The van der Waals surface area contributed by atoms with E-state index < -0.39 is 21.3 Å². The lowest BCUT2D eigenvalue weighted by Crippen LogP contribution is -2.34. The molecule has 0 fully saturated rings. The summed E-state index contributed by atoms with van der Waals surface area (Å²) in [5.74, 6) is -1.04. The molecule has 0 amide bonds. The molecule has 3 N–H and O–H groups in total. The Morgan fingerprint density at radius 2 is 1.82 bits per heavy atom. The number of benzene rings is 2. The van der Waals surface area contributed by atoms with Crippen LogP contribution in [-0.2, 0) is 16.6 Å². The van der Waals surface area contributed by atoms with Crippen molar-refractivity contribution in [3.63, 3.8) is 0 Å². The van der Waals surface area contributed by atoms with E-state index in [1.807, 2.05) is 30.3 Å². The maximum Gasteiger partial charge on any atom is 0.286 e. The Balaban J connectivity index is 1.73. The van der Waals surface area contributed by atoms with E-state index in [9.17, 15) is 23.4 Å². The van der Waals surface area contributed by atoms with Gasteiger partial charge < -0.3 is 15.5 Å². The number of hydrogen-bond donors (Lipinski definition) is 3. The molecule has 0 atom stereocenters. The molecule has 5 rings (SSSR count). The predicted octanol–water partition coefficient (Wildman–Crippen LogP) is 2.99. The Morgan fingerprint density at radius 3 is 2.55 bits per heavy atom. The molecule has 1 aliphatic heterocycles. The fourth-order valence-corrected chi connectivity index (χ4v) is 5.33. The number of phenolic OH excluding ortho intramolecular Hbond substituents is 1. The lowest BCUT2D eigenvalue weighted by molar-refractivity contribution is 0.464. The van der Waals surface area contributed by atoms with Crippen LogP contribution in [0, 0.1) is 0 Å². The van der Waals surface area contributed by atoms with Crippen LogP contribution in [0.15, 0.2) is 80.1 Å². The smallest absolute Gasteiger partial charge is 0.286 e. The summed E-state index contributed by atoms with van der Waals surface area (Å²) >= 11 is 1.31. The van der Waals surface area contributed by atoms with E-state index in [-0.39, 0.29) is 40.0 Å². The molecule has 4 aromatic rings. The number of hydrogen-bond acceptors (Lipinski definition) is 8. The van der Waals surface area contributed by atoms with Crippen molar-refractivity contribution in [1.29, 1.82) is 0 Å². The molecule has 3 heterocycles. The molecule has 0 saturated heterocycles. The van der Waals surface area contributed by atoms with Gasteiger partial charge in [0.15, 0.2) is 11.6 Å². The maximum atomic E-state index is 13.4. The number of amidine groups is 1. The largest absolute Gasteiger partial charge is 0.508 e. The van der Waals surface area contributed by atoms with Crippen LogP contribution in [0.25, 0.3) is 10.6 Å². The summed E-state index contributed by atoms with van der Waals surface area (Å²) in [6.45, 7) is 0.107. The van der Waals surface area contributed by atoms with Crippen LogP contribution in [0.5, 0.6) is 11.5 Å². The summed E-state index contributed by atoms with van der Waals surface area (Å²) in [7, 11) is -4.25. The molecule has 11 heteroatoms. The van der Waals surface area contributed by atoms with Crippen molar-refractivity contribution in [3.8, 4) is 22.1 Å². The first-order chi connectivity index (χ1) is 15.8. The topological polar surface area (TPSA) is 134 Å². The van der Waals surface area contributed by atoms with E-state index in [0.717, 1.165) is 11.6 Å². The second kappa shape index (κ2) is 7.87. The molecule has 2 aromatic carbocycles. The van der Waals surface area contributed by atoms with Gasteiger partial charge in [0.1, 0.15) is 21.9 Å². The molecule has 0 spiro atoms. The van der Waals surface area contributed by atoms with Gasteiger partial charge in [0.05, 0.1) is 17.1 Å². The molecule has 9 nitrogen and oxygen atoms in total. The Morgan fingerprint density at radius 1 is 1.03 bits per heavy atom. The van der Waals surface area contributed by atoms with Crippen LogP contribution in [0.1, 0.15) is 11.1 Å². The van der Waals surface area contributed by atoms with E-state index in [1.165, 1.54) is 28.2 Å². The molecule has 0 bridgehead atoms. The Hall–Kier alpha value is -3.96. The summed E-state index contributed by atoms with van der Waals surface area (Å²) in [6, 6.07) is 16.4. The zero-order chi connectivity index (χ0) is 23.2. The normalized spacial score (nSPS) is 14.2. The van der Waals surface area contributed by atoms with Crippen molar-refractivity contribution in [3.05, 3.63) is 87.5 Å². The van der Waals surface area contributed by atoms with Gasteiger partial charge in [-0.25, -0.2) is 4.68 Å². The van der Waals surface area contributed by atoms with Gasteiger partial charge in [-0.1, -0.05) is 36.4 Å². The number of rotatable bonds is 4. The van der Waals surface area contributed by atoms with Gasteiger partial charge in [-0.2, -0.15) is 13.5 Å². The third-order valence-corrected chi connectivity index (χ3v) is 7.20. The first kappa shape index (κ1) is 20.9. The lowest BCUT2D eigenvalue weighted by atomic mass is 10.1. The zero-order valence-corrected chi connectivity index (χ0v) is 18.5. The summed E-state index contributed by atoms with van der Waals surface area (Å²) in [6.07, 6.45) is 0. The Bertz CT molecular complexity index is 1560. The number of fused-ring (bicyclic) bond motifs is 1. The van der Waals surface area contributed by atoms with Crippen LogP contribution in [0.2, 0.25) is 0 Å². The van der Waals surface area contributed by atoms with Gasteiger partial charge in [0.25, 0.3) is 15.6 Å². The second-order valence-corrected chi connectivity index (χ2v) is 9.74. The third kappa shape index (κ3) is 3.77. The van der Waals surface area contributed by atoms with Crippen LogP contribution < -0.4 is 10.9 Å². The van der Waals surface area contributed by atoms with Crippen molar-refractivity contribution in [2.75, 3.05) is 5.32 Å². The lowest BCUT2D eigenvalue weighted by Gasteiger charge is -2.20. The van der Waals surface area contributed by atoms with Crippen LogP contribution in [-0.4, -0.2) is 34.2 Å². The van der Waals surface area contributed by atoms with E-state index in [2.05, 4.69) is 14.8 Å². The molecule has 0 radical (unpaired) electrons. The van der Waals surface area contributed by atoms with Gasteiger partial charge in [-0.15, -0.1) is 15.7 Å². The zero-order valence-electron chi connectivity index (χ0n) is 16.8. The van der Waals surface area contributed by atoms with E-state index in [0.29, 0.717) is 4.88 Å². The highest BCUT2D eigenvalue weighted by Gasteiger charge is 2.31. The van der Waals surface area contributed by atoms with Gasteiger partial charge >= 0.3 is 0 Å². The minimum atomic E-state index is -4.25. The summed E-state index contributed by atoms with van der Waals surface area (Å²) in [5.41, 5.74) is 0.0365. The number of phenols is 1. The highest BCUT2D eigenvalue weighted by atomic mass is 32.2. The standard InChI is InChI=1S/C22H16N4O5S2/c27-14-8-9-15-17(11-14)33(30,31)25-21(23-15)18-20(28)19(16-7-4-10-32-16)24-26(22(18)29)12-13-5-2-1-3-6-13/h1-11,27-28H,12H2,(H,23,25). The first-order valence-electron chi connectivity index (χ1n) is 9.71.